The third-order valence-corrected chi connectivity index (χ3v) is 5.07. The van der Waals surface area contributed by atoms with E-state index in [0.717, 1.165) is 24.9 Å². The Hall–Kier alpha value is -3.02. The molecule has 0 aromatic heterocycles. The summed E-state index contributed by atoms with van der Waals surface area (Å²) in [6, 6.07) is 15.1. The molecule has 1 saturated heterocycles. The number of carbonyl (C=O) groups excluding carboxylic acids is 2. The Morgan fingerprint density at radius 2 is 1.93 bits per heavy atom. The number of urea groups is 1. The van der Waals surface area contributed by atoms with Gasteiger partial charge in [-0.3, -0.25) is 4.79 Å². The monoisotopic (exact) mass is 395 g/mol. The van der Waals surface area contributed by atoms with E-state index < -0.39 is 0 Å². The molecular formula is C23H29N3O3. The number of likely N-dealkylation sites (tertiary alicyclic amines) is 1. The summed E-state index contributed by atoms with van der Waals surface area (Å²) >= 11 is 0. The molecule has 6 nitrogen and oxygen atoms in total. The second kappa shape index (κ2) is 9.45. The minimum Gasteiger partial charge on any atom is -0.497 e. The van der Waals surface area contributed by atoms with Crippen LogP contribution in [-0.4, -0.2) is 43.1 Å². The van der Waals surface area contributed by atoms with Crippen LogP contribution in [0.3, 0.4) is 0 Å². The highest BCUT2D eigenvalue weighted by atomic mass is 16.5. The molecule has 1 aliphatic rings. The van der Waals surface area contributed by atoms with Crippen molar-refractivity contribution in [2.24, 2.45) is 0 Å². The second-order valence-electron chi connectivity index (χ2n) is 7.70. The molecule has 0 radical (unpaired) electrons. The van der Waals surface area contributed by atoms with Crippen molar-refractivity contribution >= 4 is 17.6 Å². The van der Waals surface area contributed by atoms with Crippen molar-refractivity contribution in [2.75, 3.05) is 25.5 Å². The van der Waals surface area contributed by atoms with Crippen molar-refractivity contribution in [1.82, 2.24) is 10.2 Å². The molecule has 1 fully saturated rings. The molecule has 154 valence electrons. The fourth-order valence-corrected chi connectivity index (χ4v) is 3.61. The van der Waals surface area contributed by atoms with Gasteiger partial charge in [-0.05, 0) is 56.5 Å². The van der Waals surface area contributed by atoms with Gasteiger partial charge in [0, 0.05) is 42.4 Å². The summed E-state index contributed by atoms with van der Waals surface area (Å²) in [5.41, 5.74) is 2.38. The predicted octanol–water partition coefficient (Wildman–Crippen LogP) is 4.24. The Balaban J connectivity index is 1.69. The van der Waals surface area contributed by atoms with Crippen LogP contribution in [-0.2, 0) is 0 Å². The van der Waals surface area contributed by atoms with Gasteiger partial charge in [-0.15, -0.1) is 0 Å². The Morgan fingerprint density at radius 3 is 2.69 bits per heavy atom. The fraction of sp³-hybridized carbons (Fsp3) is 0.391. The van der Waals surface area contributed by atoms with E-state index in [-0.39, 0.29) is 23.9 Å². The average molecular weight is 396 g/mol. The van der Waals surface area contributed by atoms with Crippen molar-refractivity contribution in [3.63, 3.8) is 0 Å². The van der Waals surface area contributed by atoms with Gasteiger partial charge in [0.2, 0.25) is 0 Å². The fourth-order valence-electron chi connectivity index (χ4n) is 3.61. The molecule has 0 aliphatic carbocycles. The van der Waals surface area contributed by atoms with E-state index >= 15 is 0 Å². The van der Waals surface area contributed by atoms with Crippen LogP contribution in [0.5, 0.6) is 5.75 Å². The number of hydrogen-bond donors (Lipinski definition) is 2. The maximum absolute atomic E-state index is 12.7. The highest BCUT2D eigenvalue weighted by Crippen LogP contribution is 2.28. The van der Waals surface area contributed by atoms with Gasteiger partial charge >= 0.3 is 6.03 Å². The number of anilines is 1. The summed E-state index contributed by atoms with van der Waals surface area (Å²) in [7, 11) is 1.60. The first-order chi connectivity index (χ1) is 14.0. The second-order valence-corrected chi connectivity index (χ2v) is 7.70. The van der Waals surface area contributed by atoms with E-state index in [2.05, 4.69) is 10.6 Å². The average Bonchev–Trinajstić information content (AvgIpc) is 2.73. The first kappa shape index (κ1) is 20.7. The summed E-state index contributed by atoms with van der Waals surface area (Å²) in [6.07, 6.45) is 1.96. The normalized spacial score (nSPS) is 16.4. The Labute approximate surface area is 172 Å². The molecule has 1 aliphatic heterocycles. The number of hydrogen-bond acceptors (Lipinski definition) is 3. The van der Waals surface area contributed by atoms with Crippen molar-refractivity contribution < 1.29 is 14.3 Å². The number of rotatable bonds is 5. The van der Waals surface area contributed by atoms with Gasteiger partial charge in [0.1, 0.15) is 5.75 Å². The van der Waals surface area contributed by atoms with Crippen LogP contribution in [0.15, 0.2) is 48.5 Å². The van der Waals surface area contributed by atoms with Crippen LogP contribution in [0, 0.1) is 0 Å². The van der Waals surface area contributed by atoms with Crippen molar-refractivity contribution in [1.29, 1.82) is 0 Å². The van der Waals surface area contributed by atoms with E-state index in [1.807, 2.05) is 61.2 Å². The number of carbonyl (C=O) groups is 2. The molecule has 2 aromatic rings. The number of piperidine rings is 1. The van der Waals surface area contributed by atoms with E-state index in [0.29, 0.717) is 23.5 Å². The predicted molar refractivity (Wildman–Crippen MR) is 115 cm³/mol. The van der Waals surface area contributed by atoms with E-state index in [1.165, 1.54) is 0 Å². The molecule has 1 unspecified atom stereocenters. The number of amides is 3. The van der Waals surface area contributed by atoms with Crippen molar-refractivity contribution in [2.45, 2.75) is 38.6 Å². The van der Waals surface area contributed by atoms with E-state index in [1.54, 1.807) is 13.2 Å². The van der Waals surface area contributed by atoms with Gasteiger partial charge in [0.15, 0.2) is 0 Å². The number of methoxy groups -OCH3 is 1. The van der Waals surface area contributed by atoms with Gasteiger partial charge < -0.3 is 20.3 Å². The summed E-state index contributed by atoms with van der Waals surface area (Å²) in [5.74, 6) is 0.759. The quantitative estimate of drug-likeness (QED) is 0.795. The third kappa shape index (κ3) is 5.50. The molecule has 1 atom stereocenters. The lowest BCUT2D eigenvalue weighted by Crippen LogP contribution is -2.47. The number of benzene rings is 2. The van der Waals surface area contributed by atoms with Gasteiger partial charge in [0.05, 0.1) is 7.11 Å². The minimum absolute atomic E-state index is 0.0170. The Kier molecular flexibility index (Phi) is 6.75. The topological polar surface area (TPSA) is 70.7 Å². The van der Waals surface area contributed by atoms with E-state index in [9.17, 15) is 9.59 Å². The van der Waals surface area contributed by atoms with Gasteiger partial charge in [-0.2, -0.15) is 0 Å². The highest BCUT2D eigenvalue weighted by Gasteiger charge is 2.25. The molecule has 3 amide bonds. The van der Waals surface area contributed by atoms with Gasteiger partial charge in [-0.25, -0.2) is 4.79 Å². The lowest BCUT2D eigenvalue weighted by molar-refractivity contribution is 0.102. The summed E-state index contributed by atoms with van der Waals surface area (Å²) in [6.45, 7) is 5.36. The van der Waals surface area contributed by atoms with Crippen molar-refractivity contribution in [3.8, 4) is 5.75 Å². The first-order valence-electron chi connectivity index (χ1n) is 10.1. The summed E-state index contributed by atoms with van der Waals surface area (Å²) in [4.78, 5) is 26.9. The SMILES string of the molecule is COc1cccc(NC(=O)c2cccc(C3CCCN(C(=O)NC(C)C)C3)c2)c1. The number of ether oxygens (including phenoxy) is 1. The Bertz CT molecular complexity index is 866. The molecule has 2 aromatic carbocycles. The van der Waals surface area contributed by atoms with Crippen LogP contribution in [0.4, 0.5) is 10.5 Å². The zero-order valence-corrected chi connectivity index (χ0v) is 17.3. The van der Waals surface area contributed by atoms with Crippen LogP contribution in [0.2, 0.25) is 0 Å². The summed E-state index contributed by atoms with van der Waals surface area (Å²) in [5, 5.41) is 5.88. The maximum atomic E-state index is 12.7. The van der Waals surface area contributed by atoms with Gasteiger partial charge in [0.25, 0.3) is 5.91 Å². The zero-order valence-electron chi connectivity index (χ0n) is 17.3. The van der Waals surface area contributed by atoms with Gasteiger partial charge in [-0.1, -0.05) is 18.2 Å². The molecule has 3 rings (SSSR count). The molecule has 6 heteroatoms. The lowest BCUT2D eigenvalue weighted by atomic mass is 9.89. The molecular weight excluding hydrogens is 366 g/mol. The molecule has 29 heavy (non-hydrogen) atoms. The molecule has 0 saturated carbocycles. The third-order valence-electron chi connectivity index (χ3n) is 5.07. The number of nitrogens with zero attached hydrogens (tertiary/aromatic N) is 1. The number of nitrogens with one attached hydrogen (secondary N) is 2. The molecule has 0 bridgehead atoms. The van der Waals surface area contributed by atoms with Crippen molar-refractivity contribution in [3.05, 3.63) is 59.7 Å². The highest BCUT2D eigenvalue weighted by molar-refractivity contribution is 6.04. The molecule has 0 spiro atoms. The Morgan fingerprint density at radius 1 is 1.14 bits per heavy atom. The molecule has 2 N–H and O–H groups in total. The zero-order chi connectivity index (χ0) is 20.8. The largest absolute Gasteiger partial charge is 0.497 e. The summed E-state index contributed by atoms with van der Waals surface area (Å²) < 4.78 is 5.21. The standard InChI is InChI=1S/C23H29N3O3/c1-16(2)24-23(28)26-12-6-9-19(15-26)17-7-4-8-18(13-17)22(27)25-20-10-5-11-21(14-20)29-3/h4-5,7-8,10-11,13-14,16,19H,6,9,12,15H2,1-3H3,(H,24,28)(H,25,27). The smallest absolute Gasteiger partial charge is 0.317 e. The van der Waals surface area contributed by atoms with Crippen LogP contribution in [0.25, 0.3) is 0 Å². The lowest BCUT2D eigenvalue weighted by Gasteiger charge is -2.33. The van der Waals surface area contributed by atoms with E-state index in [4.69, 9.17) is 4.74 Å². The minimum atomic E-state index is -0.162. The van der Waals surface area contributed by atoms with Crippen LogP contribution < -0.4 is 15.4 Å². The first-order valence-corrected chi connectivity index (χ1v) is 10.1. The maximum Gasteiger partial charge on any atom is 0.317 e. The van der Waals surface area contributed by atoms with Crippen LogP contribution >= 0.6 is 0 Å². The van der Waals surface area contributed by atoms with Crippen LogP contribution in [0.1, 0.15) is 48.5 Å². The molecule has 1 heterocycles.